The van der Waals surface area contributed by atoms with Crippen molar-refractivity contribution in [3.8, 4) is 0 Å². The Morgan fingerprint density at radius 2 is 2.05 bits per heavy atom. The van der Waals surface area contributed by atoms with Crippen LogP contribution in [0.25, 0.3) is 10.9 Å². The quantitative estimate of drug-likeness (QED) is 0.738. The number of aromatic nitrogens is 2. The first-order valence-corrected chi connectivity index (χ1v) is 7.35. The topological polar surface area (TPSA) is 29.9 Å². The number of fused-ring (bicyclic) bond motifs is 1. The van der Waals surface area contributed by atoms with E-state index >= 15 is 0 Å². The molecule has 1 aromatic heterocycles. The Morgan fingerprint density at radius 3 is 2.67 bits per heavy atom. The molecule has 2 unspecified atom stereocenters. The molecular formula is C16H27BN3Na. The molecule has 0 aliphatic carbocycles. The Morgan fingerprint density at radius 1 is 1.29 bits per heavy atom. The third-order valence-corrected chi connectivity index (χ3v) is 4.14. The summed E-state index contributed by atoms with van der Waals surface area (Å²) in [6.07, 6.45) is 4.72. The molecule has 1 saturated heterocycles. The molecule has 0 bridgehead atoms. The maximum absolute atomic E-state index is 4.61. The van der Waals surface area contributed by atoms with Gasteiger partial charge in [-0.05, 0) is 56.8 Å². The summed E-state index contributed by atoms with van der Waals surface area (Å²) in [6, 6.07) is 7.62. The SMILES string of the molecule is CC1CCC(c2ccc3nn(C(C)C)cc3c2)NC1.[BH4-].[Na+]. The molecule has 0 spiro atoms. The van der Waals surface area contributed by atoms with Crippen LogP contribution < -0.4 is 34.9 Å². The first-order chi connectivity index (χ1) is 9.13. The number of benzene rings is 1. The molecule has 3 nitrogen and oxygen atoms in total. The van der Waals surface area contributed by atoms with Gasteiger partial charge in [0.05, 0.1) is 5.52 Å². The van der Waals surface area contributed by atoms with Crippen molar-refractivity contribution >= 4 is 19.3 Å². The van der Waals surface area contributed by atoms with Crippen LogP contribution in [0.2, 0.25) is 0 Å². The Hall–Kier alpha value is -0.285. The molecule has 1 fully saturated rings. The molecule has 1 aliphatic rings. The van der Waals surface area contributed by atoms with E-state index in [9.17, 15) is 0 Å². The molecule has 1 aliphatic heterocycles. The third-order valence-electron chi connectivity index (χ3n) is 4.14. The molecule has 0 radical (unpaired) electrons. The number of piperidine rings is 1. The maximum atomic E-state index is 4.61. The zero-order valence-electron chi connectivity index (χ0n) is 13.1. The first kappa shape index (κ1) is 18.8. The van der Waals surface area contributed by atoms with Gasteiger partial charge in [0.1, 0.15) is 0 Å². The van der Waals surface area contributed by atoms with Gasteiger partial charge in [-0.3, -0.25) is 4.68 Å². The smallest absolute Gasteiger partial charge is 0.310 e. The first-order valence-electron chi connectivity index (χ1n) is 7.35. The molecule has 2 aromatic rings. The van der Waals surface area contributed by atoms with Crippen LogP contribution in [0.1, 0.15) is 51.3 Å². The summed E-state index contributed by atoms with van der Waals surface area (Å²) in [7, 11) is 0. The summed E-state index contributed by atoms with van der Waals surface area (Å²) < 4.78 is 2.05. The Labute approximate surface area is 151 Å². The number of hydrogen-bond donors (Lipinski definition) is 1. The van der Waals surface area contributed by atoms with Crippen LogP contribution >= 0.6 is 0 Å². The van der Waals surface area contributed by atoms with Crippen molar-refractivity contribution < 1.29 is 29.6 Å². The van der Waals surface area contributed by atoms with Gasteiger partial charge >= 0.3 is 29.6 Å². The van der Waals surface area contributed by atoms with E-state index in [0.717, 1.165) is 18.0 Å². The largest absolute Gasteiger partial charge is 1.00 e. The zero-order chi connectivity index (χ0) is 13.4. The standard InChI is InChI=1S/C16H23N3.BH4.Na/c1-11(2)19-10-14-8-13(5-7-16(14)18-19)15-6-4-12(3)9-17-15;;/h5,7-8,10-12,15,17H,4,6,9H2,1-3H3;1H4;/q;-1;+1. The summed E-state index contributed by atoms with van der Waals surface area (Å²) in [5.74, 6) is 0.809. The molecule has 110 valence electrons. The Balaban J connectivity index is 0.00000110. The van der Waals surface area contributed by atoms with Crippen molar-refractivity contribution in [1.29, 1.82) is 0 Å². The Kier molecular flexibility index (Phi) is 6.99. The van der Waals surface area contributed by atoms with Gasteiger partial charge in [0.2, 0.25) is 0 Å². The monoisotopic (exact) mass is 295 g/mol. The van der Waals surface area contributed by atoms with Crippen LogP contribution in [-0.2, 0) is 0 Å². The van der Waals surface area contributed by atoms with E-state index in [1.165, 1.54) is 23.8 Å². The third kappa shape index (κ3) is 4.13. The summed E-state index contributed by atoms with van der Waals surface area (Å²) in [6.45, 7) is 7.78. The summed E-state index contributed by atoms with van der Waals surface area (Å²) in [5, 5.41) is 9.52. The van der Waals surface area contributed by atoms with Crippen molar-refractivity contribution in [2.24, 2.45) is 5.92 Å². The predicted molar refractivity (Wildman–Crippen MR) is 90.6 cm³/mol. The van der Waals surface area contributed by atoms with E-state index in [4.69, 9.17) is 0 Å². The van der Waals surface area contributed by atoms with Gasteiger partial charge in [-0.2, -0.15) is 5.10 Å². The molecule has 5 heteroatoms. The molecule has 21 heavy (non-hydrogen) atoms. The van der Waals surface area contributed by atoms with Crippen molar-refractivity contribution in [3.63, 3.8) is 0 Å². The van der Waals surface area contributed by atoms with E-state index < -0.39 is 0 Å². The van der Waals surface area contributed by atoms with Gasteiger partial charge < -0.3 is 5.32 Å². The van der Waals surface area contributed by atoms with Gasteiger partial charge in [0.15, 0.2) is 0 Å². The van der Waals surface area contributed by atoms with E-state index in [0.29, 0.717) is 12.1 Å². The van der Waals surface area contributed by atoms with Gasteiger partial charge in [0.25, 0.3) is 0 Å². The van der Waals surface area contributed by atoms with Crippen LogP contribution in [-0.4, -0.2) is 24.7 Å². The second-order valence-electron chi connectivity index (χ2n) is 6.16. The van der Waals surface area contributed by atoms with Crippen molar-refractivity contribution in [2.45, 2.75) is 45.7 Å². The van der Waals surface area contributed by atoms with Crippen LogP contribution in [0.3, 0.4) is 0 Å². The molecule has 1 aromatic carbocycles. The number of nitrogens with zero attached hydrogens (tertiary/aromatic N) is 2. The molecule has 3 rings (SSSR count). The van der Waals surface area contributed by atoms with Crippen LogP contribution in [0.4, 0.5) is 0 Å². The molecule has 2 heterocycles. The molecule has 2 atom stereocenters. The van der Waals surface area contributed by atoms with E-state index in [-0.39, 0.29) is 38.0 Å². The van der Waals surface area contributed by atoms with Crippen LogP contribution in [0, 0.1) is 5.92 Å². The van der Waals surface area contributed by atoms with Crippen molar-refractivity contribution in [2.75, 3.05) is 6.54 Å². The number of hydrogen-bond acceptors (Lipinski definition) is 2. The van der Waals surface area contributed by atoms with Crippen LogP contribution in [0.5, 0.6) is 0 Å². The average Bonchev–Trinajstić information content (AvgIpc) is 2.82. The van der Waals surface area contributed by atoms with Gasteiger partial charge in [0, 0.05) is 23.7 Å². The minimum absolute atomic E-state index is 0. The van der Waals surface area contributed by atoms with Gasteiger partial charge in [-0.15, -0.1) is 0 Å². The summed E-state index contributed by atoms with van der Waals surface area (Å²) in [4.78, 5) is 0. The second-order valence-corrected chi connectivity index (χ2v) is 6.16. The maximum Gasteiger partial charge on any atom is 1.00 e. The normalized spacial score (nSPS) is 21.9. The minimum atomic E-state index is 0. The predicted octanol–water partition coefficient (Wildman–Crippen LogP) is -0.770. The fourth-order valence-corrected chi connectivity index (χ4v) is 2.83. The zero-order valence-corrected chi connectivity index (χ0v) is 15.1. The van der Waals surface area contributed by atoms with Gasteiger partial charge in [-0.25, -0.2) is 0 Å². The van der Waals surface area contributed by atoms with E-state index in [1.807, 2.05) is 4.68 Å². The fourth-order valence-electron chi connectivity index (χ4n) is 2.83. The molecular weight excluding hydrogens is 268 g/mol. The summed E-state index contributed by atoms with van der Waals surface area (Å²) in [5.41, 5.74) is 2.50. The minimum Gasteiger partial charge on any atom is -0.310 e. The fraction of sp³-hybridized carbons (Fsp3) is 0.562. The molecule has 0 saturated carbocycles. The Bertz CT molecular complexity index is 574. The van der Waals surface area contributed by atoms with E-state index in [2.05, 4.69) is 55.6 Å². The van der Waals surface area contributed by atoms with Crippen LogP contribution in [0.15, 0.2) is 24.4 Å². The molecule has 0 amide bonds. The number of nitrogens with one attached hydrogen (secondary N) is 1. The molecule has 1 N–H and O–H groups in total. The average molecular weight is 295 g/mol. The van der Waals surface area contributed by atoms with Crippen molar-refractivity contribution in [3.05, 3.63) is 30.0 Å². The van der Waals surface area contributed by atoms with Gasteiger partial charge in [-0.1, -0.05) is 21.4 Å². The van der Waals surface area contributed by atoms with E-state index in [1.54, 1.807) is 0 Å². The van der Waals surface area contributed by atoms with Crippen molar-refractivity contribution in [1.82, 2.24) is 15.1 Å². The summed E-state index contributed by atoms with van der Waals surface area (Å²) >= 11 is 0. The number of rotatable bonds is 2. The second kappa shape index (κ2) is 7.82.